The molecule has 0 spiro atoms. The van der Waals surface area contributed by atoms with Crippen LogP contribution >= 0.6 is 0 Å². The number of amides is 1. The summed E-state index contributed by atoms with van der Waals surface area (Å²) in [6, 6.07) is 7.29. The molecule has 2 fully saturated rings. The molecule has 0 radical (unpaired) electrons. The van der Waals surface area contributed by atoms with Gasteiger partial charge in [-0.1, -0.05) is 24.4 Å². The maximum Gasteiger partial charge on any atom is 0.257 e. The quantitative estimate of drug-likeness (QED) is 0.777. The minimum absolute atomic E-state index is 0.0472. The molecule has 0 unspecified atom stereocenters. The summed E-state index contributed by atoms with van der Waals surface area (Å²) in [6.07, 6.45) is 8.79. The average molecular weight is 369 g/mol. The number of aliphatic hydroxyl groups excluding tert-OH is 1. The molecule has 2 aliphatic rings. The number of nitrogens with zero attached hydrogens (tertiary/aromatic N) is 2. The number of hydrogen-bond donors (Lipinski definition) is 2. The van der Waals surface area contributed by atoms with E-state index in [0.717, 1.165) is 43.5 Å². The van der Waals surface area contributed by atoms with Gasteiger partial charge >= 0.3 is 0 Å². The van der Waals surface area contributed by atoms with E-state index >= 15 is 0 Å². The first-order valence-electron chi connectivity index (χ1n) is 10.0. The minimum Gasteiger partial charge on any atom is -0.396 e. The smallest absolute Gasteiger partial charge is 0.257 e. The Labute approximate surface area is 159 Å². The van der Waals surface area contributed by atoms with Gasteiger partial charge in [-0.05, 0) is 61.8 Å². The van der Waals surface area contributed by atoms with Crippen LogP contribution in [0.3, 0.4) is 0 Å². The summed E-state index contributed by atoms with van der Waals surface area (Å²) in [5.74, 6) is 1.67. The van der Waals surface area contributed by atoms with E-state index < -0.39 is 0 Å². The van der Waals surface area contributed by atoms with Gasteiger partial charge in [0.15, 0.2) is 5.82 Å². The number of nitrogens with one attached hydrogen (secondary N) is 1. The van der Waals surface area contributed by atoms with E-state index in [0.29, 0.717) is 23.9 Å². The maximum atomic E-state index is 12.6. The van der Waals surface area contributed by atoms with Crippen molar-refractivity contribution in [3.05, 3.63) is 35.7 Å². The normalized spacial score (nSPS) is 19.0. The van der Waals surface area contributed by atoms with Crippen molar-refractivity contribution in [3.8, 4) is 11.5 Å². The number of rotatable bonds is 7. The van der Waals surface area contributed by atoms with Crippen LogP contribution in [0.15, 0.2) is 28.8 Å². The van der Waals surface area contributed by atoms with Crippen molar-refractivity contribution < 1.29 is 14.4 Å². The molecule has 2 saturated carbocycles. The highest BCUT2D eigenvalue weighted by atomic mass is 16.5. The molecule has 6 heteroatoms. The summed E-state index contributed by atoms with van der Waals surface area (Å²) >= 11 is 0. The zero-order valence-electron chi connectivity index (χ0n) is 15.6. The van der Waals surface area contributed by atoms with Crippen LogP contribution < -0.4 is 5.32 Å². The van der Waals surface area contributed by atoms with Gasteiger partial charge in [-0.2, -0.15) is 4.98 Å². The molecule has 0 atom stereocenters. The van der Waals surface area contributed by atoms with Gasteiger partial charge in [-0.15, -0.1) is 0 Å². The molecule has 0 saturated heterocycles. The molecule has 0 bridgehead atoms. The molecule has 2 aliphatic carbocycles. The van der Waals surface area contributed by atoms with Gasteiger partial charge in [0.2, 0.25) is 0 Å². The average Bonchev–Trinajstić information content (AvgIpc) is 3.44. The van der Waals surface area contributed by atoms with Crippen molar-refractivity contribution in [2.24, 2.45) is 5.41 Å². The van der Waals surface area contributed by atoms with Crippen LogP contribution in [-0.4, -0.2) is 34.3 Å². The van der Waals surface area contributed by atoms with Crippen molar-refractivity contribution in [2.45, 2.75) is 57.3 Å². The third-order valence-corrected chi connectivity index (χ3v) is 5.96. The fourth-order valence-electron chi connectivity index (χ4n) is 4.05. The molecule has 27 heavy (non-hydrogen) atoms. The van der Waals surface area contributed by atoms with Gasteiger partial charge in [0.05, 0.1) is 0 Å². The van der Waals surface area contributed by atoms with Crippen LogP contribution in [0, 0.1) is 5.41 Å². The summed E-state index contributed by atoms with van der Waals surface area (Å²) in [5.41, 5.74) is 1.50. The van der Waals surface area contributed by atoms with Crippen LogP contribution in [0.4, 0.5) is 0 Å². The molecule has 1 heterocycles. The van der Waals surface area contributed by atoms with E-state index in [1.807, 2.05) is 12.1 Å². The fraction of sp³-hybridized carbons (Fsp3) is 0.571. The monoisotopic (exact) mass is 369 g/mol. The Hall–Kier alpha value is -2.21. The van der Waals surface area contributed by atoms with E-state index in [2.05, 4.69) is 15.5 Å². The van der Waals surface area contributed by atoms with Crippen molar-refractivity contribution in [2.75, 3.05) is 13.2 Å². The first-order valence-corrected chi connectivity index (χ1v) is 10.0. The van der Waals surface area contributed by atoms with Crippen molar-refractivity contribution in [3.63, 3.8) is 0 Å². The Morgan fingerprint density at radius 1 is 1.19 bits per heavy atom. The second-order valence-electron chi connectivity index (χ2n) is 8.03. The summed E-state index contributed by atoms with van der Waals surface area (Å²) in [4.78, 5) is 17.0. The lowest BCUT2D eigenvalue weighted by Gasteiger charge is -2.37. The molecule has 144 valence electrons. The highest BCUT2D eigenvalue weighted by Crippen LogP contribution is 2.39. The summed E-state index contributed by atoms with van der Waals surface area (Å²) in [7, 11) is 0. The molecule has 4 rings (SSSR count). The predicted octanol–water partition coefficient (Wildman–Crippen LogP) is 3.68. The van der Waals surface area contributed by atoms with Gasteiger partial charge in [0, 0.05) is 30.2 Å². The standard InChI is InChI=1S/C21H27N3O3/c25-13-12-21(10-2-1-3-11-21)14-22-19(26)16-6-8-17(9-7-16)20-23-18(24-27-20)15-4-5-15/h6-9,15,25H,1-5,10-14H2,(H,22,26). The summed E-state index contributed by atoms with van der Waals surface area (Å²) in [6.45, 7) is 0.806. The Morgan fingerprint density at radius 2 is 1.93 bits per heavy atom. The van der Waals surface area contributed by atoms with Crippen molar-refractivity contribution >= 4 is 5.91 Å². The highest BCUT2D eigenvalue weighted by molar-refractivity contribution is 5.94. The molecule has 1 aromatic heterocycles. The van der Waals surface area contributed by atoms with E-state index in [1.54, 1.807) is 12.1 Å². The lowest BCUT2D eigenvalue weighted by atomic mass is 9.72. The molecule has 6 nitrogen and oxygen atoms in total. The number of carbonyl (C=O) groups excluding carboxylic acids is 1. The van der Waals surface area contributed by atoms with E-state index in [9.17, 15) is 9.90 Å². The molecular formula is C21H27N3O3. The SMILES string of the molecule is O=C(NCC1(CCO)CCCCC1)c1ccc(-c2nc(C3CC3)no2)cc1. The Morgan fingerprint density at radius 3 is 2.59 bits per heavy atom. The topological polar surface area (TPSA) is 88.2 Å². The van der Waals surface area contributed by atoms with Crippen molar-refractivity contribution in [1.82, 2.24) is 15.5 Å². The van der Waals surface area contributed by atoms with Gasteiger partial charge in [0.1, 0.15) is 0 Å². The van der Waals surface area contributed by atoms with Crippen LogP contribution in [0.1, 0.15) is 73.5 Å². The predicted molar refractivity (Wildman–Crippen MR) is 101 cm³/mol. The zero-order valence-corrected chi connectivity index (χ0v) is 15.6. The van der Waals surface area contributed by atoms with Crippen LogP contribution in [-0.2, 0) is 0 Å². The van der Waals surface area contributed by atoms with Gasteiger partial charge < -0.3 is 14.9 Å². The van der Waals surface area contributed by atoms with Crippen LogP contribution in [0.5, 0.6) is 0 Å². The molecular weight excluding hydrogens is 342 g/mol. The lowest BCUT2D eigenvalue weighted by molar-refractivity contribution is 0.0869. The van der Waals surface area contributed by atoms with Crippen molar-refractivity contribution in [1.29, 1.82) is 0 Å². The number of hydrogen-bond acceptors (Lipinski definition) is 5. The highest BCUT2D eigenvalue weighted by Gasteiger charge is 2.32. The zero-order chi connectivity index (χ0) is 18.7. The molecule has 0 aliphatic heterocycles. The number of benzene rings is 1. The number of aliphatic hydroxyl groups is 1. The third-order valence-electron chi connectivity index (χ3n) is 5.96. The summed E-state index contributed by atoms with van der Waals surface area (Å²) < 4.78 is 5.33. The largest absolute Gasteiger partial charge is 0.396 e. The third kappa shape index (κ3) is 4.21. The maximum absolute atomic E-state index is 12.6. The van der Waals surface area contributed by atoms with E-state index in [4.69, 9.17) is 4.52 Å². The molecule has 2 aromatic rings. The second-order valence-corrected chi connectivity index (χ2v) is 8.03. The van der Waals surface area contributed by atoms with E-state index in [-0.39, 0.29) is 17.9 Å². The number of carbonyl (C=O) groups is 1. The Kier molecular flexibility index (Phi) is 5.25. The van der Waals surface area contributed by atoms with Crippen LogP contribution in [0.2, 0.25) is 0 Å². The van der Waals surface area contributed by atoms with Gasteiger partial charge in [-0.3, -0.25) is 4.79 Å². The minimum atomic E-state index is -0.0753. The second kappa shape index (κ2) is 7.80. The molecule has 1 amide bonds. The first-order chi connectivity index (χ1) is 13.2. The number of aromatic nitrogens is 2. The van der Waals surface area contributed by atoms with Crippen LogP contribution in [0.25, 0.3) is 11.5 Å². The van der Waals surface area contributed by atoms with Gasteiger partial charge in [-0.25, -0.2) is 0 Å². The lowest BCUT2D eigenvalue weighted by Crippen LogP contribution is -2.39. The Bertz CT molecular complexity index is 769. The Balaban J connectivity index is 1.38. The van der Waals surface area contributed by atoms with E-state index in [1.165, 1.54) is 19.3 Å². The molecule has 2 N–H and O–H groups in total. The summed E-state index contributed by atoms with van der Waals surface area (Å²) in [5, 5.41) is 16.5. The fourth-order valence-corrected chi connectivity index (χ4v) is 4.05. The van der Waals surface area contributed by atoms with Gasteiger partial charge in [0.25, 0.3) is 11.8 Å². The first kappa shape index (κ1) is 18.2. The molecule has 1 aromatic carbocycles.